The van der Waals surface area contributed by atoms with Crippen molar-refractivity contribution in [3.05, 3.63) is 52.3 Å². The van der Waals surface area contributed by atoms with E-state index in [-0.39, 0.29) is 11.3 Å². The van der Waals surface area contributed by atoms with Gasteiger partial charge in [-0.3, -0.25) is 9.78 Å². The van der Waals surface area contributed by atoms with Gasteiger partial charge in [0.2, 0.25) is 0 Å². The third kappa shape index (κ3) is 3.57. The number of amides is 1. The maximum absolute atomic E-state index is 12.1. The number of hydrogen-bond donors (Lipinski definition) is 2. The Morgan fingerprint density at radius 1 is 1.29 bits per heavy atom. The van der Waals surface area contributed by atoms with Crippen LogP contribution in [0.1, 0.15) is 20.8 Å². The second-order valence-electron chi connectivity index (χ2n) is 4.04. The standard InChI is InChI=1S/C14H11BrN2O4/c1-21-12-5-3-9(15)6-11(12)17-13(18)10-4-2-8(7-16-10)14(19)20/h2-7H,1H3,(H,17,18)(H,19,20). The maximum atomic E-state index is 12.1. The Hall–Kier alpha value is -2.41. The molecule has 0 atom stereocenters. The van der Waals surface area contributed by atoms with E-state index in [2.05, 4.69) is 26.2 Å². The smallest absolute Gasteiger partial charge is 0.337 e. The topological polar surface area (TPSA) is 88.5 Å². The fourth-order valence-corrected chi connectivity index (χ4v) is 1.98. The Balaban J connectivity index is 2.21. The molecule has 0 aliphatic heterocycles. The molecule has 0 saturated carbocycles. The summed E-state index contributed by atoms with van der Waals surface area (Å²) in [5.41, 5.74) is 0.620. The summed E-state index contributed by atoms with van der Waals surface area (Å²) in [6, 6.07) is 7.86. The van der Waals surface area contributed by atoms with Gasteiger partial charge >= 0.3 is 5.97 Å². The highest BCUT2D eigenvalue weighted by Gasteiger charge is 2.12. The molecule has 0 bridgehead atoms. The summed E-state index contributed by atoms with van der Waals surface area (Å²) in [7, 11) is 1.50. The summed E-state index contributed by atoms with van der Waals surface area (Å²) < 4.78 is 5.94. The fourth-order valence-electron chi connectivity index (χ4n) is 1.62. The van der Waals surface area contributed by atoms with Crippen LogP contribution in [0, 0.1) is 0 Å². The molecule has 0 aliphatic carbocycles. The largest absolute Gasteiger partial charge is 0.495 e. The summed E-state index contributed by atoms with van der Waals surface area (Å²) in [5.74, 6) is -1.04. The number of benzene rings is 1. The molecule has 0 unspecified atom stereocenters. The van der Waals surface area contributed by atoms with Crippen LogP contribution in [0.2, 0.25) is 0 Å². The number of aromatic carboxylic acids is 1. The van der Waals surface area contributed by atoms with Gasteiger partial charge in [-0.15, -0.1) is 0 Å². The van der Waals surface area contributed by atoms with Crippen molar-refractivity contribution in [3.8, 4) is 5.75 Å². The summed E-state index contributed by atoms with van der Waals surface area (Å²) in [4.78, 5) is 26.6. The molecule has 1 heterocycles. The van der Waals surface area contributed by atoms with Crippen molar-refractivity contribution >= 4 is 33.5 Å². The molecule has 21 heavy (non-hydrogen) atoms. The lowest BCUT2D eigenvalue weighted by Crippen LogP contribution is -2.14. The van der Waals surface area contributed by atoms with Gasteiger partial charge in [0.1, 0.15) is 11.4 Å². The van der Waals surface area contributed by atoms with Gasteiger partial charge in [-0.25, -0.2) is 4.79 Å². The number of nitrogens with zero attached hydrogens (tertiary/aromatic N) is 1. The third-order valence-corrected chi connectivity index (χ3v) is 3.15. The lowest BCUT2D eigenvalue weighted by molar-refractivity contribution is 0.0696. The predicted molar refractivity (Wildman–Crippen MR) is 79.8 cm³/mol. The van der Waals surface area contributed by atoms with Crippen LogP contribution in [0.15, 0.2) is 41.0 Å². The highest BCUT2D eigenvalue weighted by atomic mass is 79.9. The number of aromatic nitrogens is 1. The molecule has 2 rings (SSSR count). The van der Waals surface area contributed by atoms with E-state index in [4.69, 9.17) is 9.84 Å². The Kier molecular flexibility index (Phi) is 4.54. The third-order valence-electron chi connectivity index (χ3n) is 2.65. The monoisotopic (exact) mass is 350 g/mol. The summed E-state index contributed by atoms with van der Waals surface area (Å²) in [6.45, 7) is 0. The maximum Gasteiger partial charge on any atom is 0.337 e. The number of carbonyl (C=O) groups excluding carboxylic acids is 1. The van der Waals surface area contributed by atoms with E-state index in [0.29, 0.717) is 11.4 Å². The zero-order chi connectivity index (χ0) is 15.4. The highest BCUT2D eigenvalue weighted by Crippen LogP contribution is 2.28. The lowest BCUT2D eigenvalue weighted by Gasteiger charge is -2.10. The van der Waals surface area contributed by atoms with Gasteiger partial charge < -0.3 is 15.2 Å². The Morgan fingerprint density at radius 2 is 2.05 bits per heavy atom. The van der Waals surface area contributed by atoms with E-state index in [1.807, 2.05) is 0 Å². The van der Waals surface area contributed by atoms with E-state index >= 15 is 0 Å². The Bertz CT molecular complexity index is 686. The molecule has 0 aliphatic rings. The minimum Gasteiger partial charge on any atom is -0.495 e. The zero-order valence-electron chi connectivity index (χ0n) is 11.0. The molecular formula is C14H11BrN2O4. The van der Waals surface area contributed by atoms with Gasteiger partial charge in [0, 0.05) is 10.7 Å². The van der Waals surface area contributed by atoms with E-state index < -0.39 is 11.9 Å². The second-order valence-corrected chi connectivity index (χ2v) is 4.95. The number of carbonyl (C=O) groups is 2. The van der Waals surface area contributed by atoms with Gasteiger partial charge in [0.25, 0.3) is 5.91 Å². The molecule has 0 saturated heterocycles. The normalized spacial score (nSPS) is 10.0. The number of halogens is 1. The average Bonchev–Trinajstić information content (AvgIpc) is 2.47. The molecule has 2 aromatic rings. The summed E-state index contributed by atoms with van der Waals surface area (Å²) in [6.07, 6.45) is 1.13. The number of methoxy groups -OCH3 is 1. The number of carboxylic acids is 1. The van der Waals surface area contributed by atoms with Crippen LogP contribution in [0.4, 0.5) is 5.69 Å². The predicted octanol–water partition coefficient (Wildman–Crippen LogP) is 2.80. The Labute approximate surface area is 128 Å². The van der Waals surface area contributed by atoms with Crippen LogP contribution in [0.5, 0.6) is 5.75 Å². The van der Waals surface area contributed by atoms with Gasteiger partial charge in [-0.1, -0.05) is 15.9 Å². The quantitative estimate of drug-likeness (QED) is 0.884. The number of carboxylic acid groups (broad SMARTS) is 1. The number of rotatable bonds is 4. The first-order valence-corrected chi connectivity index (χ1v) is 6.65. The molecule has 6 nitrogen and oxygen atoms in total. The minimum absolute atomic E-state index is 0.0200. The van der Waals surface area contributed by atoms with Crippen LogP contribution in [0.3, 0.4) is 0 Å². The Morgan fingerprint density at radius 3 is 2.62 bits per heavy atom. The number of ether oxygens (including phenoxy) is 1. The molecule has 1 amide bonds. The number of anilines is 1. The van der Waals surface area contributed by atoms with Crippen molar-refractivity contribution in [1.82, 2.24) is 4.98 Å². The van der Waals surface area contributed by atoms with E-state index in [9.17, 15) is 9.59 Å². The van der Waals surface area contributed by atoms with E-state index in [0.717, 1.165) is 10.7 Å². The van der Waals surface area contributed by atoms with Crippen molar-refractivity contribution in [1.29, 1.82) is 0 Å². The van der Waals surface area contributed by atoms with Crippen LogP contribution in [-0.2, 0) is 0 Å². The van der Waals surface area contributed by atoms with Crippen molar-refractivity contribution in [2.45, 2.75) is 0 Å². The molecule has 7 heteroatoms. The fraction of sp³-hybridized carbons (Fsp3) is 0.0714. The highest BCUT2D eigenvalue weighted by molar-refractivity contribution is 9.10. The first kappa shape index (κ1) is 15.0. The average molecular weight is 351 g/mol. The van der Waals surface area contributed by atoms with Gasteiger partial charge in [-0.05, 0) is 30.3 Å². The van der Waals surface area contributed by atoms with Crippen LogP contribution >= 0.6 is 15.9 Å². The molecule has 0 fully saturated rings. The van der Waals surface area contributed by atoms with Gasteiger partial charge in [0.15, 0.2) is 0 Å². The molecule has 2 N–H and O–H groups in total. The van der Waals surface area contributed by atoms with Gasteiger partial charge in [-0.2, -0.15) is 0 Å². The number of hydrogen-bond acceptors (Lipinski definition) is 4. The SMILES string of the molecule is COc1ccc(Br)cc1NC(=O)c1ccc(C(=O)O)cn1. The van der Waals surface area contributed by atoms with Crippen LogP contribution in [-0.4, -0.2) is 29.1 Å². The van der Waals surface area contributed by atoms with Crippen molar-refractivity contribution < 1.29 is 19.4 Å². The summed E-state index contributed by atoms with van der Waals surface area (Å²) in [5, 5.41) is 11.4. The van der Waals surface area contributed by atoms with Crippen molar-refractivity contribution in [2.75, 3.05) is 12.4 Å². The van der Waals surface area contributed by atoms with Crippen LogP contribution in [0.25, 0.3) is 0 Å². The molecule has 0 radical (unpaired) electrons. The van der Waals surface area contributed by atoms with E-state index in [1.54, 1.807) is 18.2 Å². The first-order chi connectivity index (χ1) is 10.0. The lowest BCUT2D eigenvalue weighted by atomic mass is 10.2. The molecule has 0 spiro atoms. The molecular weight excluding hydrogens is 340 g/mol. The number of nitrogens with one attached hydrogen (secondary N) is 1. The molecule has 108 valence electrons. The molecule has 1 aromatic carbocycles. The minimum atomic E-state index is -1.09. The van der Waals surface area contributed by atoms with E-state index in [1.165, 1.54) is 19.2 Å². The zero-order valence-corrected chi connectivity index (χ0v) is 12.5. The molecule has 1 aromatic heterocycles. The number of pyridine rings is 1. The van der Waals surface area contributed by atoms with Crippen molar-refractivity contribution in [2.24, 2.45) is 0 Å². The second kappa shape index (κ2) is 6.36. The summed E-state index contributed by atoms with van der Waals surface area (Å²) >= 11 is 3.31. The van der Waals surface area contributed by atoms with Gasteiger partial charge in [0.05, 0.1) is 18.4 Å². The first-order valence-electron chi connectivity index (χ1n) is 5.85. The van der Waals surface area contributed by atoms with Crippen LogP contribution < -0.4 is 10.1 Å². The van der Waals surface area contributed by atoms with Crippen molar-refractivity contribution in [3.63, 3.8) is 0 Å².